The van der Waals surface area contributed by atoms with Crippen LogP contribution in [-0.2, 0) is 22.1 Å². The summed E-state index contributed by atoms with van der Waals surface area (Å²) in [5, 5.41) is 0. The van der Waals surface area contributed by atoms with Crippen LogP contribution in [0.5, 0.6) is 0 Å². The van der Waals surface area contributed by atoms with E-state index in [0.717, 1.165) is 19.4 Å². The Kier molecular flexibility index (Phi) is 4.11. The van der Waals surface area contributed by atoms with Gasteiger partial charge in [0.25, 0.3) is 0 Å². The Morgan fingerprint density at radius 3 is 2.69 bits per heavy atom. The van der Waals surface area contributed by atoms with Gasteiger partial charge in [0.15, 0.2) is 0 Å². The molecule has 0 unspecified atom stereocenters. The Morgan fingerprint density at radius 2 is 2.19 bits per heavy atom. The first-order valence-corrected chi connectivity index (χ1v) is 5.21. The first-order chi connectivity index (χ1) is 7.36. The molecule has 0 radical (unpaired) electrons. The third-order valence-corrected chi connectivity index (χ3v) is 2.79. The van der Waals surface area contributed by atoms with Crippen molar-refractivity contribution in [2.45, 2.75) is 12.6 Å². The van der Waals surface area contributed by atoms with E-state index in [2.05, 4.69) is 9.72 Å². The molecule has 0 N–H and O–H groups in total. The average molecular weight is 345 g/mol. The predicted octanol–water partition coefficient (Wildman–Crippen LogP) is 2.42. The standard InChI is InChI=1S/C9H7F3INO2/c1-16-7(15)4-5-6(9(10,11)12)2-3-14-8(5)13/h2-3H,4H2,1H3. The van der Waals surface area contributed by atoms with E-state index in [-0.39, 0.29) is 9.26 Å². The fourth-order valence-corrected chi connectivity index (χ4v) is 1.76. The number of ether oxygens (including phenoxy) is 1. The normalized spacial score (nSPS) is 11.3. The zero-order valence-electron chi connectivity index (χ0n) is 8.14. The first kappa shape index (κ1) is 13.2. The van der Waals surface area contributed by atoms with Gasteiger partial charge in [0.2, 0.25) is 0 Å². The quantitative estimate of drug-likeness (QED) is 0.470. The number of rotatable bonds is 2. The molecule has 0 aliphatic heterocycles. The number of hydrogen-bond acceptors (Lipinski definition) is 3. The molecule has 88 valence electrons. The summed E-state index contributed by atoms with van der Waals surface area (Å²) in [6.45, 7) is 0. The lowest BCUT2D eigenvalue weighted by atomic mass is 10.1. The minimum Gasteiger partial charge on any atom is -0.469 e. The summed E-state index contributed by atoms with van der Waals surface area (Å²) in [7, 11) is 1.12. The van der Waals surface area contributed by atoms with E-state index in [9.17, 15) is 18.0 Å². The fraction of sp³-hybridized carbons (Fsp3) is 0.333. The second-order valence-corrected chi connectivity index (χ2v) is 3.90. The van der Waals surface area contributed by atoms with Gasteiger partial charge in [-0.1, -0.05) is 0 Å². The number of nitrogens with zero attached hydrogens (tertiary/aromatic N) is 1. The van der Waals surface area contributed by atoms with Gasteiger partial charge in [-0.2, -0.15) is 13.2 Å². The van der Waals surface area contributed by atoms with E-state index in [1.54, 1.807) is 22.6 Å². The number of carbonyl (C=O) groups excluding carboxylic acids is 1. The summed E-state index contributed by atoms with van der Waals surface area (Å²) in [5.41, 5.74) is -1.00. The maximum atomic E-state index is 12.6. The molecule has 0 saturated carbocycles. The Balaban J connectivity index is 3.19. The predicted molar refractivity (Wildman–Crippen MR) is 57.7 cm³/mol. The molecule has 0 spiro atoms. The van der Waals surface area contributed by atoms with Crippen LogP contribution in [0.2, 0.25) is 0 Å². The van der Waals surface area contributed by atoms with Crippen molar-refractivity contribution < 1.29 is 22.7 Å². The molecule has 0 fully saturated rings. The topological polar surface area (TPSA) is 39.2 Å². The molecule has 0 bridgehead atoms. The highest BCUT2D eigenvalue weighted by Gasteiger charge is 2.34. The van der Waals surface area contributed by atoms with Gasteiger partial charge in [-0.15, -0.1) is 0 Å². The molecule has 1 aromatic heterocycles. The molecule has 0 amide bonds. The van der Waals surface area contributed by atoms with Crippen LogP contribution in [0.15, 0.2) is 12.3 Å². The summed E-state index contributed by atoms with van der Waals surface area (Å²) in [6.07, 6.45) is -3.87. The molecule has 0 aliphatic carbocycles. The second-order valence-electron chi connectivity index (χ2n) is 2.88. The SMILES string of the molecule is COC(=O)Cc1c(C(F)(F)F)ccnc1I. The largest absolute Gasteiger partial charge is 0.469 e. The molecule has 1 aromatic rings. The maximum Gasteiger partial charge on any atom is 0.416 e. The van der Waals surface area contributed by atoms with Crippen LogP contribution in [0.25, 0.3) is 0 Å². The zero-order valence-corrected chi connectivity index (χ0v) is 10.3. The molecule has 1 heterocycles. The number of aromatic nitrogens is 1. The van der Waals surface area contributed by atoms with Gasteiger partial charge >= 0.3 is 12.1 Å². The minimum absolute atomic E-state index is 0.151. The van der Waals surface area contributed by atoms with Gasteiger partial charge in [0, 0.05) is 11.8 Å². The number of alkyl halides is 3. The molecular formula is C9H7F3INO2. The Labute approximate surface area is 103 Å². The summed E-state index contributed by atoms with van der Waals surface area (Å²) in [6, 6.07) is 0.848. The van der Waals surface area contributed by atoms with Crippen molar-refractivity contribution in [3.8, 4) is 0 Å². The van der Waals surface area contributed by atoms with Crippen molar-refractivity contribution in [1.82, 2.24) is 4.98 Å². The van der Waals surface area contributed by atoms with Crippen molar-refractivity contribution in [1.29, 1.82) is 0 Å². The lowest BCUT2D eigenvalue weighted by molar-refractivity contribution is -0.141. The first-order valence-electron chi connectivity index (χ1n) is 4.13. The van der Waals surface area contributed by atoms with Gasteiger partial charge in [0.1, 0.15) is 3.70 Å². The minimum atomic E-state index is -4.49. The van der Waals surface area contributed by atoms with E-state index in [0.29, 0.717) is 0 Å². The van der Waals surface area contributed by atoms with E-state index >= 15 is 0 Å². The van der Waals surface area contributed by atoms with E-state index in [1.807, 2.05) is 0 Å². The van der Waals surface area contributed by atoms with Gasteiger partial charge < -0.3 is 4.74 Å². The van der Waals surface area contributed by atoms with Crippen molar-refractivity contribution in [2.24, 2.45) is 0 Å². The van der Waals surface area contributed by atoms with Crippen LogP contribution in [-0.4, -0.2) is 18.1 Å². The zero-order chi connectivity index (χ0) is 12.3. The molecule has 3 nitrogen and oxygen atoms in total. The van der Waals surface area contributed by atoms with E-state index in [4.69, 9.17) is 0 Å². The smallest absolute Gasteiger partial charge is 0.416 e. The van der Waals surface area contributed by atoms with Crippen LogP contribution < -0.4 is 0 Å². The number of halogens is 4. The van der Waals surface area contributed by atoms with Gasteiger partial charge in [0.05, 0.1) is 19.1 Å². The molecule has 7 heteroatoms. The molecule has 0 aromatic carbocycles. The summed E-state index contributed by atoms with van der Waals surface area (Å²) in [4.78, 5) is 14.7. The molecule has 0 aliphatic rings. The Morgan fingerprint density at radius 1 is 1.56 bits per heavy atom. The molecular weight excluding hydrogens is 338 g/mol. The fourth-order valence-electron chi connectivity index (χ4n) is 1.12. The maximum absolute atomic E-state index is 12.6. The molecule has 0 saturated heterocycles. The number of carbonyl (C=O) groups is 1. The number of methoxy groups -OCH3 is 1. The van der Waals surface area contributed by atoms with Crippen LogP contribution in [0.3, 0.4) is 0 Å². The number of pyridine rings is 1. The molecule has 16 heavy (non-hydrogen) atoms. The number of esters is 1. The Bertz CT molecular complexity index is 406. The summed E-state index contributed by atoms with van der Waals surface area (Å²) >= 11 is 1.66. The highest BCUT2D eigenvalue weighted by Crippen LogP contribution is 2.33. The average Bonchev–Trinajstić information content (AvgIpc) is 2.19. The lowest BCUT2D eigenvalue weighted by Crippen LogP contribution is -2.15. The monoisotopic (exact) mass is 345 g/mol. The van der Waals surface area contributed by atoms with Crippen molar-refractivity contribution in [2.75, 3.05) is 7.11 Å². The summed E-state index contributed by atoms with van der Waals surface area (Å²) in [5.74, 6) is -0.726. The van der Waals surface area contributed by atoms with Crippen LogP contribution >= 0.6 is 22.6 Å². The van der Waals surface area contributed by atoms with Crippen molar-refractivity contribution >= 4 is 28.6 Å². The third kappa shape index (κ3) is 3.06. The van der Waals surface area contributed by atoms with Crippen LogP contribution in [0.4, 0.5) is 13.2 Å². The highest BCUT2D eigenvalue weighted by atomic mass is 127. The summed E-state index contributed by atoms with van der Waals surface area (Å²) < 4.78 is 42.3. The Hall–Kier alpha value is -0.860. The van der Waals surface area contributed by atoms with Crippen molar-refractivity contribution in [3.05, 3.63) is 27.1 Å². The van der Waals surface area contributed by atoms with E-state index in [1.165, 1.54) is 0 Å². The van der Waals surface area contributed by atoms with Crippen LogP contribution in [0.1, 0.15) is 11.1 Å². The third-order valence-electron chi connectivity index (χ3n) is 1.86. The van der Waals surface area contributed by atoms with Gasteiger partial charge in [-0.25, -0.2) is 4.98 Å². The number of hydrogen-bond donors (Lipinski definition) is 0. The highest BCUT2D eigenvalue weighted by molar-refractivity contribution is 14.1. The van der Waals surface area contributed by atoms with Crippen LogP contribution in [0, 0.1) is 3.70 Å². The molecule has 1 rings (SSSR count). The van der Waals surface area contributed by atoms with Gasteiger partial charge in [-0.05, 0) is 28.7 Å². The van der Waals surface area contributed by atoms with Gasteiger partial charge in [-0.3, -0.25) is 4.79 Å². The molecule has 0 atom stereocenters. The van der Waals surface area contributed by atoms with Crippen molar-refractivity contribution in [3.63, 3.8) is 0 Å². The lowest BCUT2D eigenvalue weighted by Gasteiger charge is -2.12. The van der Waals surface area contributed by atoms with E-state index < -0.39 is 24.1 Å². The second kappa shape index (κ2) is 4.98.